The van der Waals surface area contributed by atoms with Gasteiger partial charge in [0.1, 0.15) is 6.04 Å². The summed E-state index contributed by atoms with van der Waals surface area (Å²) in [7, 11) is 0. The number of rotatable bonds is 4. The largest absolute Gasteiger partial charge is 0.480 e. The van der Waals surface area contributed by atoms with E-state index >= 15 is 0 Å². The van der Waals surface area contributed by atoms with Gasteiger partial charge in [0.15, 0.2) is 0 Å². The number of carboxylic acid groups (broad SMARTS) is 1. The molecule has 1 atom stereocenters. The molecule has 0 aliphatic heterocycles. The van der Waals surface area contributed by atoms with E-state index in [1.165, 1.54) is 0 Å². The van der Waals surface area contributed by atoms with Gasteiger partial charge in [0, 0.05) is 17.3 Å². The molecule has 1 rings (SSSR count). The van der Waals surface area contributed by atoms with Crippen molar-refractivity contribution < 1.29 is 9.90 Å². The smallest absolute Gasteiger partial charge is 0.322 e. The second-order valence-corrected chi connectivity index (χ2v) is 3.27. The summed E-state index contributed by atoms with van der Waals surface area (Å²) in [4.78, 5) is 10.4. The highest BCUT2D eigenvalue weighted by molar-refractivity contribution is 6.30. The van der Waals surface area contributed by atoms with E-state index in [2.05, 4.69) is 5.32 Å². The van der Waals surface area contributed by atoms with Crippen LogP contribution in [0.15, 0.2) is 24.3 Å². The summed E-state index contributed by atoms with van der Waals surface area (Å²) in [5.41, 5.74) is 6.10. The second-order valence-electron chi connectivity index (χ2n) is 2.83. The van der Waals surface area contributed by atoms with Crippen LogP contribution in [0.2, 0.25) is 5.02 Å². The molecule has 5 heteroatoms. The number of nitrogens with one attached hydrogen (secondary N) is 1. The Morgan fingerprint density at radius 2 is 2.07 bits per heavy atom. The van der Waals surface area contributed by atoms with Crippen molar-refractivity contribution in [2.75, 3.05) is 11.9 Å². The summed E-state index contributed by atoms with van der Waals surface area (Å²) in [6.07, 6.45) is 0. The number of halogens is 1. The third-order valence-corrected chi connectivity index (χ3v) is 1.94. The molecule has 0 aromatic heterocycles. The molecule has 4 N–H and O–H groups in total. The molecule has 0 radical (unpaired) electrons. The Balaban J connectivity index is 2.46. The molecule has 1 aromatic carbocycles. The van der Waals surface area contributed by atoms with Crippen LogP contribution in [-0.4, -0.2) is 23.7 Å². The summed E-state index contributed by atoms with van der Waals surface area (Å²) in [5, 5.41) is 12.0. The number of hydrogen-bond donors (Lipinski definition) is 3. The summed E-state index contributed by atoms with van der Waals surface area (Å²) in [6, 6.07) is 6.06. The van der Waals surface area contributed by atoms with Crippen LogP contribution in [0.5, 0.6) is 0 Å². The maximum Gasteiger partial charge on any atom is 0.322 e. The Labute approximate surface area is 86.7 Å². The summed E-state index contributed by atoms with van der Waals surface area (Å²) in [6.45, 7) is 0.191. The number of aliphatic carboxylic acids is 1. The van der Waals surface area contributed by atoms with Crippen LogP contribution >= 0.6 is 11.6 Å². The van der Waals surface area contributed by atoms with Crippen molar-refractivity contribution in [3.8, 4) is 0 Å². The Hall–Kier alpha value is -1.26. The molecule has 0 spiro atoms. The molecule has 0 saturated heterocycles. The Morgan fingerprint density at radius 3 is 2.57 bits per heavy atom. The molecule has 1 unspecified atom stereocenters. The first kappa shape index (κ1) is 10.8. The van der Waals surface area contributed by atoms with E-state index in [1.54, 1.807) is 24.3 Å². The number of benzene rings is 1. The first-order valence-corrected chi connectivity index (χ1v) is 4.45. The van der Waals surface area contributed by atoms with Gasteiger partial charge in [-0.25, -0.2) is 0 Å². The minimum absolute atomic E-state index is 0.191. The zero-order valence-corrected chi connectivity index (χ0v) is 8.16. The molecule has 76 valence electrons. The van der Waals surface area contributed by atoms with E-state index in [4.69, 9.17) is 22.4 Å². The highest BCUT2D eigenvalue weighted by Crippen LogP contribution is 2.12. The molecular weight excluding hydrogens is 204 g/mol. The van der Waals surface area contributed by atoms with Gasteiger partial charge in [-0.15, -0.1) is 0 Å². The average Bonchev–Trinajstić information content (AvgIpc) is 2.16. The lowest BCUT2D eigenvalue weighted by molar-refractivity contribution is -0.138. The lowest BCUT2D eigenvalue weighted by Gasteiger charge is -2.09. The predicted molar refractivity (Wildman–Crippen MR) is 55.6 cm³/mol. The first-order valence-electron chi connectivity index (χ1n) is 4.07. The van der Waals surface area contributed by atoms with Gasteiger partial charge in [0.05, 0.1) is 0 Å². The maximum atomic E-state index is 10.4. The van der Waals surface area contributed by atoms with Gasteiger partial charge >= 0.3 is 5.97 Å². The first-order chi connectivity index (χ1) is 6.59. The second kappa shape index (κ2) is 4.83. The molecule has 0 heterocycles. The molecule has 0 bridgehead atoms. The van der Waals surface area contributed by atoms with Gasteiger partial charge in [0.25, 0.3) is 0 Å². The highest BCUT2D eigenvalue weighted by atomic mass is 35.5. The summed E-state index contributed by atoms with van der Waals surface area (Å²) >= 11 is 5.68. The fourth-order valence-electron chi connectivity index (χ4n) is 0.883. The zero-order chi connectivity index (χ0) is 10.6. The average molecular weight is 215 g/mol. The molecule has 0 aliphatic carbocycles. The van der Waals surface area contributed by atoms with E-state index in [0.717, 1.165) is 5.69 Å². The van der Waals surface area contributed by atoms with Crippen molar-refractivity contribution in [1.82, 2.24) is 0 Å². The molecule has 1 aromatic rings. The normalized spacial score (nSPS) is 12.1. The van der Waals surface area contributed by atoms with Crippen LogP contribution in [0.3, 0.4) is 0 Å². The monoisotopic (exact) mass is 214 g/mol. The number of hydrogen-bond acceptors (Lipinski definition) is 3. The molecule has 14 heavy (non-hydrogen) atoms. The quantitative estimate of drug-likeness (QED) is 0.703. The number of anilines is 1. The minimum atomic E-state index is -1.02. The third kappa shape index (κ3) is 3.24. The molecule has 0 saturated carbocycles. The van der Waals surface area contributed by atoms with Gasteiger partial charge in [-0.05, 0) is 24.3 Å². The van der Waals surface area contributed by atoms with E-state index in [1.807, 2.05) is 0 Å². The van der Waals surface area contributed by atoms with Gasteiger partial charge < -0.3 is 16.2 Å². The molecular formula is C9H11ClN2O2. The Morgan fingerprint density at radius 1 is 1.50 bits per heavy atom. The standard InChI is InChI=1S/C9H11ClN2O2/c10-6-1-3-7(4-2-6)12-5-8(11)9(13)14/h1-4,8,12H,5,11H2,(H,13,14). The lowest BCUT2D eigenvalue weighted by atomic mass is 10.3. The molecule has 0 fully saturated rings. The number of carbonyl (C=O) groups is 1. The van der Waals surface area contributed by atoms with Crippen molar-refractivity contribution in [3.05, 3.63) is 29.3 Å². The lowest BCUT2D eigenvalue weighted by Crippen LogP contribution is -2.36. The summed E-state index contributed by atoms with van der Waals surface area (Å²) in [5.74, 6) is -1.02. The molecule has 0 amide bonds. The maximum absolute atomic E-state index is 10.4. The zero-order valence-electron chi connectivity index (χ0n) is 7.40. The Kier molecular flexibility index (Phi) is 3.73. The summed E-state index contributed by atoms with van der Waals surface area (Å²) < 4.78 is 0. The van der Waals surface area contributed by atoms with Crippen LogP contribution in [0.25, 0.3) is 0 Å². The number of carboxylic acids is 1. The van der Waals surface area contributed by atoms with Gasteiger partial charge in [-0.1, -0.05) is 11.6 Å². The van der Waals surface area contributed by atoms with Crippen LogP contribution in [0.1, 0.15) is 0 Å². The van der Waals surface area contributed by atoms with Crippen molar-refractivity contribution in [2.24, 2.45) is 5.73 Å². The van der Waals surface area contributed by atoms with Crippen LogP contribution in [0.4, 0.5) is 5.69 Å². The van der Waals surface area contributed by atoms with Gasteiger partial charge in [-0.3, -0.25) is 4.79 Å². The fraction of sp³-hybridized carbons (Fsp3) is 0.222. The highest BCUT2D eigenvalue weighted by Gasteiger charge is 2.09. The Bertz CT molecular complexity index is 313. The third-order valence-electron chi connectivity index (χ3n) is 1.69. The van der Waals surface area contributed by atoms with Crippen molar-refractivity contribution in [3.63, 3.8) is 0 Å². The molecule has 0 aliphatic rings. The SMILES string of the molecule is NC(CNc1ccc(Cl)cc1)C(=O)O. The fourth-order valence-corrected chi connectivity index (χ4v) is 1.01. The topological polar surface area (TPSA) is 75.3 Å². The van der Waals surface area contributed by atoms with E-state index in [-0.39, 0.29) is 6.54 Å². The van der Waals surface area contributed by atoms with Gasteiger partial charge in [0.2, 0.25) is 0 Å². The van der Waals surface area contributed by atoms with Gasteiger partial charge in [-0.2, -0.15) is 0 Å². The van der Waals surface area contributed by atoms with E-state index in [0.29, 0.717) is 5.02 Å². The van der Waals surface area contributed by atoms with Crippen LogP contribution in [-0.2, 0) is 4.79 Å². The van der Waals surface area contributed by atoms with E-state index in [9.17, 15) is 4.79 Å². The van der Waals surface area contributed by atoms with Crippen LogP contribution in [0, 0.1) is 0 Å². The van der Waals surface area contributed by atoms with E-state index < -0.39 is 12.0 Å². The molecule has 4 nitrogen and oxygen atoms in total. The minimum Gasteiger partial charge on any atom is -0.480 e. The van der Waals surface area contributed by atoms with Crippen molar-refractivity contribution in [2.45, 2.75) is 6.04 Å². The van der Waals surface area contributed by atoms with Crippen molar-refractivity contribution in [1.29, 1.82) is 0 Å². The van der Waals surface area contributed by atoms with Crippen molar-refractivity contribution >= 4 is 23.3 Å². The van der Waals surface area contributed by atoms with Crippen LogP contribution < -0.4 is 11.1 Å². The predicted octanol–water partition coefficient (Wildman–Crippen LogP) is 1.16. The number of nitrogens with two attached hydrogens (primary N) is 1.